The molecule has 2 aromatic carbocycles. The van der Waals surface area contributed by atoms with Gasteiger partial charge in [0.2, 0.25) is 0 Å². The third-order valence-electron chi connectivity index (χ3n) is 3.56. The van der Waals surface area contributed by atoms with E-state index in [0.717, 1.165) is 23.3 Å². The average molecular weight is 289 g/mol. The van der Waals surface area contributed by atoms with Gasteiger partial charge in [-0.05, 0) is 35.1 Å². The summed E-state index contributed by atoms with van der Waals surface area (Å²) < 4.78 is 5.37. The van der Waals surface area contributed by atoms with Crippen LogP contribution in [0.15, 0.2) is 48.5 Å². The second kappa shape index (κ2) is 6.81. The van der Waals surface area contributed by atoms with E-state index < -0.39 is 0 Å². The van der Waals surface area contributed by atoms with Gasteiger partial charge in [-0.15, -0.1) is 11.6 Å². The van der Waals surface area contributed by atoms with E-state index in [1.165, 1.54) is 5.56 Å². The summed E-state index contributed by atoms with van der Waals surface area (Å²) in [5, 5.41) is -0.0347. The molecule has 0 N–H and O–H groups in total. The molecule has 0 saturated heterocycles. The molecule has 1 nitrogen and oxygen atoms in total. The van der Waals surface area contributed by atoms with Crippen molar-refractivity contribution in [2.75, 3.05) is 7.11 Å². The van der Waals surface area contributed by atoms with Crippen molar-refractivity contribution in [2.24, 2.45) is 0 Å². The Balaban J connectivity index is 2.13. The van der Waals surface area contributed by atoms with Crippen LogP contribution in [0.25, 0.3) is 0 Å². The predicted molar refractivity (Wildman–Crippen MR) is 85.8 cm³/mol. The highest BCUT2D eigenvalue weighted by Gasteiger charge is 2.12. The minimum absolute atomic E-state index is 0.0347. The second-order valence-corrected chi connectivity index (χ2v) is 5.83. The fourth-order valence-corrected chi connectivity index (χ4v) is 2.58. The number of hydrogen-bond donors (Lipinski definition) is 0. The van der Waals surface area contributed by atoms with Crippen molar-refractivity contribution >= 4 is 11.6 Å². The van der Waals surface area contributed by atoms with Crippen molar-refractivity contribution in [3.05, 3.63) is 65.2 Å². The van der Waals surface area contributed by atoms with Gasteiger partial charge >= 0.3 is 0 Å². The van der Waals surface area contributed by atoms with E-state index >= 15 is 0 Å². The summed E-state index contributed by atoms with van der Waals surface area (Å²) in [5.41, 5.74) is 3.64. The molecule has 2 aromatic rings. The number of methoxy groups -OCH3 is 1. The number of halogens is 1. The van der Waals surface area contributed by atoms with Crippen molar-refractivity contribution in [3.63, 3.8) is 0 Å². The SMILES string of the molecule is COc1ccccc1CC(Cl)c1ccc(C(C)C)cc1. The van der Waals surface area contributed by atoms with Gasteiger partial charge in [0.25, 0.3) is 0 Å². The van der Waals surface area contributed by atoms with E-state index in [9.17, 15) is 0 Å². The van der Waals surface area contributed by atoms with E-state index in [0.29, 0.717) is 5.92 Å². The maximum Gasteiger partial charge on any atom is 0.122 e. The summed E-state index contributed by atoms with van der Waals surface area (Å²) in [4.78, 5) is 0. The third-order valence-corrected chi connectivity index (χ3v) is 3.96. The molecule has 2 heteroatoms. The first-order valence-electron chi connectivity index (χ1n) is 6.97. The summed E-state index contributed by atoms with van der Waals surface area (Å²) in [7, 11) is 1.69. The molecule has 0 saturated carbocycles. The van der Waals surface area contributed by atoms with Crippen LogP contribution in [0.1, 0.15) is 41.8 Å². The lowest BCUT2D eigenvalue weighted by molar-refractivity contribution is 0.409. The zero-order valence-corrected chi connectivity index (χ0v) is 13.0. The van der Waals surface area contributed by atoms with E-state index in [1.54, 1.807) is 7.11 Å². The Morgan fingerprint density at radius 2 is 1.55 bits per heavy atom. The van der Waals surface area contributed by atoms with Crippen LogP contribution in [0.2, 0.25) is 0 Å². The van der Waals surface area contributed by atoms with Crippen molar-refractivity contribution < 1.29 is 4.74 Å². The lowest BCUT2D eigenvalue weighted by atomic mass is 9.98. The second-order valence-electron chi connectivity index (χ2n) is 5.30. The molecule has 0 bridgehead atoms. The van der Waals surface area contributed by atoms with Gasteiger partial charge in [0.1, 0.15) is 5.75 Å². The van der Waals surface area contributed by atoms with E-state index in [4.69, 9.17) is 16.3 Å². The summed E-state index contributed by atoms with van der Waals surface area (Å²) in [5.74, 6) is 1.45. The van der Waals surface area contributed by atoms with Gasteiger partial charge in [0.05, 0.1) is 12.5 Å². The Kier molecular flexibility index (Phi) is 5.08. The zero-order valence-electron chi connectivity index (χ0n) is 12.3. The molecule has 1 unspecified atom stereocenters. The first-order chi connectivity index (χ1) is 9.61. The quantitative estimate of drug-likeness (QED) is 0.675. The summed E-state index contributed by atoms with van der Waals surface area (Å²) in [6.07, 6.45) is 0.770. The van der Waals surface area contributed by atoms with Gasteiger partial charge in [-0.2, -0.15) is 0 Å². The van der Waals surface area contributed by atoms with Crippen LogP contribution in [0.5, 0.6) is 5.75 Å². The number of alkyl halides is 1. The molecule has 0 aliphatic carbocycles. The fourth-order valence-electron chi connectivity index (χ4n) is 2.27. The van der Waals surface area contributed by atoms with Crippen LogP contribution in [-0.2, 0) is 6.42 Å². The topological polar surface area (TPSA) is 9.23 Å². The summed E-state index contributed by atoms with van der Waals surface area (Å²) >= 11 is 6.55. The molecule has 0 fully saturated rings. The highest BCUT2D eigenvalue weighted by atomic mass is 35.5. The van der Waals surface area contributed by atoms with E-state index in [2.05, 4.69) is 44.2 Å². The highest BCUT2D eigenvalue weighted by Crippen LogP contribution is 2.30. The van der Waals surface area contributed by atoms with Crippen LogP contribution in [0, 0.1) is 0 Å². The van der Waals surface area contributed by atoms with Crippen molar-refractivity contribution in [1.82, 2.24) is 0 Å². The Morgan fingerprint density at radius 3 is 2.15 bits per heavy atom. The average Bonchev–Trinajstić information content (AvgIpc) is 2.48. The molecule has 0 aliphatic rings. The third kappa shape index (κ3) is 3.55. The first kappa shape index (κ1) is 14.9. The van der Waals surface area contributed by atoms with Gasteiger partial charge in [-0.25, -0.2) is 0 Å². The van der Waals surface area contributed by atoms with Crippen LogP contribution in [-0.4, -0.2) is 7.11 Å². The normalized spacial score (nSPS) is 12.4. The lowest BCUT2D eigenvalue weighted by Crippen LogP contribution is -1.99. The number of para-hydroxylation sites is 1. The molecule has 0 aromatic heterocycles. The Bertz CT molecular complexity index is 546. The van der Waals surface area contributed by atoms with Crippen molar-refractivity contribution in [3.8, 4) is 5.75 Å². The van der Waals surface area contributed by atoms with Gasteiger partial charge < -0.3 is 4.74 Å². The molecule has 2 rings (SSSR count). The molecular weight excluding hydrogens is 268 g/mol. The molecule has 0 amide bonds. The smallest absolute Gasteiger partial charge is 0.122 e. The van der Waals surface area contributed by atoms with Crippen LogP contribution < -0.4 is 4.74 Å². The number of rotatable bonds is 5. The van der Waals surface area contributed by atoms with Gasteiger partial charge in [0.15, 0.2) is 0 Å². The Hall–Kier alpha value is -1.47. The molecule has 0 heterocycles. The number of ether oxygens (including phenoxy) is 1. The molecule has 20 heavy (non-hydrogen) atoms. The van der Waals surface area contributed by atoms with Gasteiger partial charge in [-0.1, -0.05) is 56.3 Å². The predicted octanol–water partition coefficient (Wildman–Crippen LogP) is 5.34. The molecule has 0 spiro atoms. The number of hydrogen-bond acceptors (Lipinski definition) is 1. The van der Waals surface area contributed by atoms with Gasteiger partial charge in [0, 0.05) is 0 Å². The van der Waals surface area contributed by atoms with Crippen LogP contribution >= 0.6 is 11.6 Å². The molecular formula is C18H21ClO. The van der Waals surface area contributed by atoms with E-state index in [-0.39, 0.29) is 5.38 Å². The summed E-state index contributed by atoms with van der Waals surface area (Å²) in [6, 6.07) is 16.6. The maximum absolute atomic E-state index is 6.55. The minimum Gasteiger partial charge on any atom is -0.496 e. The van der Waals surface area contributed by atoms with Gasteiger partial charge in [-0.3, -0.25) is 0 Å². The zero-order chi connectivity index (χ0) is 14.5. The van der Waals surface area contributed by atoms with Crippen LogP contribution in [0.4, 0.5) is 0 Å². The lowest BCUT2D eigenvalue weighted by Gasteiger charge is -2.14. The number of benzene rings is 2. The molecule has 0 radical (unpaired) electrons. The summed E-state index contributed by atoms with van der Waals surface area (Å²) in [6.45, 7) is 4.39. The Labute approximate surface area is 126 Å². The molecule has 106 valence electrons. The van der Waals surface area contributed by atoms with Crippen LogP contribution in [0.3, 0.4) is 0 Å². The highest BCUT2D eigenvalue weighted by molar-refractivity contribution is 6.20. The largest absolute Gasteiger partial charge is 0.496 e. The van der Waals surface area contributed by atoms with E-state index in [1.807, 2.05) is 18.2 Å². The fraction of sp³-hybridized carbons (Fsp3) is 0.333. The molecule has 1 atom stereocenters. The van der Waals surface area contributed by atoms with Crippen molar-refractivity contribution in [1.29, 1.82) is 0 Å². The Morgan fingerprint density at radius 1 is 0.950 bits per heavy atom. The van der Waals surface area contributed by atoms with Crippen molar-refractivity contribution in [2.45, 2.75) is 31.6 Å². The standard InChI is InChI=1S/C18H21ClO/c1-13(2)14-8-10-15(11-9-14)17(19)12-16-6-4-5-7-18(16)20-3/h4-11,13,17H,12H2,1-3H3. The minimum atomic E-state index is -0.0347. The monoisotopic (exact) mass is 288 g/mol. The maximum atomic E-state index is 6.55. The first-order valence-corrected chi connectivity index (χ1v) is 7.41. The molecule has 0 aliphatic heterocycles.